The smallest absolute Gasteiger partial charge is 0.256 e. The predicted octanol–water partition coefficient (Wildman–Crippen LogP) is 0.940. The summed E-state index contributed by atoms with van der Waals surface area (Å²) in [6, 6.07) is 0. The van der Waals surface area contributed by atoms with Crippen LogP contribution in [-0.4, -0.2) is 16.6 Å². The molecule has 5 nitrogen and oxygen atoms in total. The first-order valence-electron chi connectivity index (χ1n) is 5.60. The third-order valence-electron chi connectivity index (χ3n) is 3.12. The molecule has 0 amide bonds. The maximum Gasteiger partial charge on any atom is 0.256 e. The molecule has 16 heavy (non-hydrogen) atoms. The van der Waals surface area contributed by atoms with Crippen LogP contribution in [-0.2, 0) is 16.8 Å². The summed E-state index contributed by atoms with van der Waals surface area (Å²) in [5.41, 5.74) is 5.68. The van der Waals surface area contributed by atoms with Gasteiger partial charge in [0.15, 0.2) is 0 Å². The SMILES string of the molecule is CCc1c(N)nc(C2(C)CCCO2)[nH]c1=O. The Kier molecular flexibility index (Phi) is 2.71. The van der Waals surface area contributed by atoms with Crippen LogP contribution < -0.4 is 11.3 Å². The molecule has 2 heterocycles. The van der Waals surface area contributed by atoms with Crippen molar-refractivity contribution < 1.29 is 4.74 Å². The first kappa shape index (κ1) is 11.1. The molecule has 0 bridgehead atoms. The van der Waals surface area contributed by atoms with Crippen LogP contribution in [0.1, 0.15) is 38.1 Å². The lowest BCUT2D eigenvalue weighted by molar-refractivity contribution is 0.00922. The third kappa shape index (κ3) is 1.71. The molecule has 0 aromatic carbocycles. The highest BCUT2D eigenvalue weighted by molar-refractivity contribution is 5.38. The molecule has 3 N–H and O–H groups in total. The number of hydrogen-bond donors (Lipinski definition) is 2. The van der Waals surface area contributed by atoms with Gasteiger partial charge in [0.2, 0.25) is 0 Å². The number of H-pyrrole nitrogens is 1. The molecule has 1 unspecified atom stereocenters. The number of rotatable bonds is 2. The molecule has 1 aliphatic heterocycles. The Bertz CT molecular complexity index is 447. The van der Waals surface area contributed by atoms with E-state index in [1.165, 1.54) is 0 Å². The number of aromatic nitrogens is 2. The van der Waals surface area contributed by atoms with Gasteiger partial charge in [0.1, 0.15) is 17.2 Å². The van der Waals surface area contributed by atoms with E-state index >= 15 is 0 Å². The van der Waals surface area contributed by atoms with Gasteiger partial charge in [-0.05, 0) is 26.2 Å². The lowest BCUT2D eigenvalue weighted by atomic mass is 10.0. The summed E-state index contributed by atoms with van der Waals surface area (Å²) in [5, 5.41) is 0. The molecule has 1 saturated heterocycles. The highest BCUT2D eigenvalue weighted by atomic mass is 16.5. The zero-order valence-electron chi connectivity index (χ0n) is 9.67. The lowest BCUT2D eigenvalue weighted by Crippen LogP contribution is -2.29. The van der Waals surface area contributed by atoms with Crippen LogP contribution in [0.2, 0.25) is 0 Å². The Morgan fingerprint density at radius 2 is 2.38 bits per heavy atom. The minimum atomic E-state index is -0.487. The van der Waals surface area contributed by atoms with Crippen molar-refractivity contribution in [3.05, 3.63) is 21.7 Å². The first-order chi connectivity index (χ1) is 7.57. The molecular weight excluding hydrogens is 206 g/mol. The number of nitrogen functional groups attached to an aromatic ring is 1. The van der Waals surface area contributed by atoms with Crippen molar-refractivity contribution in [1.82, 2.24) is 9.97 Å². The molecule has 0 saturated carbocycles. The van der Waals surface area contributed by atoms with Gasteiger partial charge in [-0.1, -0.05) is 6.92 Å². The van der Waals surface area contributed by atoms with E-state index in [2.05, 4.69) is 9.97 Å². The number of hydrogen-bond acceptors (Lipinski definition) is 4. The van der Waals surface area contributed by atoms with Gasteiger partial charge in [-0.15, -0.1) is 0 Å². The Hall–Kier alpha value is -1.36. The molecule has 1 aromatic heterocycles. The maximum absolute atomic E-state index is 11.8. The minimum Gasteiger partial charge on any atom is -0.383 e. The first-order valence-corrected chi connectivity index (χ1v) is 5.60. The van der Waals surface area contributed by atoms with Crippen LogP contribution in [0.3, 0.4) is 0 Å². The number of anilines is 1. The van der Waals surface area contributed by atoms with Crippen LogP contribution in [0.5, 0.6) is 0 Å². The topological polar surface area (TPSA) is 81.0 Å². The fourth-order valence-electron chi connectivity index (χ4n) is 2.07. The average Bonchev–Trinajstić information content (AvgIpc) is 2.66. The average molecular weight is 223 g/mol. The minimum absolute atomic E-state index is 0.151. The molecule has 2 rings (SSSR count). The molecule has 88 valence electrons. The fraction of sp³-hybridized carbons (Fsp3) is 0.636. The van der Waals surface area contributed by atoms with Crippen LogP contribution in [0, 0.1) is 0 Å². The number of nitrogens with zero attached hydrogens (tertiary/aromatic N) is 1. The summed E-state index contributed by atoms with van der Waals surface area (Å²) in [5.74, 6) is 0.864. The lowest BCUT2D eigenvalue weighted by Gasteiger charge is -2.22. The monoisotopic (exact) mass is 223 g/mol. The van der Waals surface area contributed by atoms with E-state index in [0.29, 0.717) is 30.2 Å². The van der Waals surface area contributed by atoms with E-state index in [0.717, 1.165) is 12.8 Å². The van der Waals surface area contributed by atoms with Gasteiger partial charge in [-0.25, -0.2) is 4.98 Å². The molecule has 1 aliphatic rings. The summed E-state index contributed by atoms with van der Waals surface area (Å²) >= 11 is 0. The number of aromatic amines is 1. The zero-order chi connectivity index (χ0) is 11.8. The van der Waals surface area contributed by atoms with Crippen LogP contribution in [0.15, 0.2) is 4.79 Å². The Labute approximate surface area is 94.0 Å². The van der Waals surface area contributed by atoms with Gasteiger partial charge >= 0.3 is 0 Å². The van der Waals surface area contributed by atoms with Crippen molar-refractivity contribution in [2.24, 2.45) is 0 Å². The van der Waals surface area contributed by atoms with E-state index in [1.807, 2.05) is 13.8 Å². The van der Waals surface area contributed by atoms with Gasteiger partial charge in [-0.2, -0.15) is 0 Å². The largest absolute Gasteiger partial charge is 0.383 e. The van der Waals surface area contributed by atoms with E-state index in [9.17, 15) is 4.79 Å². The third-order valence-corrected chi connectivity index (χ3v) is 3.12. The zero-order valence-corrected chi connectivity index (χ0v) is 9.67. The van der Waals surface area contributed by atoms with E-state index in [1.54, 1.807) is 0 Å². The van der Waals surface area contributed by atoms with Gasteiger partial charge in [0.25, 0.3) is 5.56 Å². The summed E-state index contributed by atoms with van der Waals surface area (Å²) in [7, 11) is 0. The van der Waals surface area contributed by atoms with Gasteiger partial charge < -0.3 is 15.5 Å². The molecule has 0 aliphatic carbocycles. The van der Waals surface area contributed by atoms with Crippen molar-refractivity contribution in [3.8, 4) is 0 Å². The molecule has 1 atom stereocenters. The van der Waals surface area contributed by atoms with Crippen molar-refractivity contribution in [2.45, 2.75) is 38.7 Å². The summed E-state index contributed by atoms with van der Waals surface area (Å²) < 4.78 is 5.62. The standard InChI is InChI=1S/C11H17N3O2/c1-3-7-8(12)13-10(14-9(7)15)11(2)5-4-6-16-11/h3-6H2,1-2H3,(H3,12,13,14,15). The Morgan fingerprint density at radius 3 is 2.88 bits per heavy atom. The Morgan fingerprint density at radius 1 is 1.62 bits per heavy atom. The van der Waals surface area contributed by atoms with E-state index in [4.69, 9.17) is 10.5 Å². The van der Waals surface area contributed by atoms with Gasteiger partial charge in [-0.3, -0.25) is 4.79 Å². The molecule has 1 fully saturated rings. The molecular formula is C11H17N3O2. The highest BCUT2D eigenvalue weighted by Crippen LogP contribution is 2.33. The van der Waals surface area contributed by atoms with Gasteiger partial charge in [0, 0.05) is 6.61 Å². The van der Waals surface area contributed by atoms with Crippen LogP contribution in [0.4, 0.5) is 5.82 Å². The fourth-order valence-corrected chi connectivity index (χ4v) is 2.07. The Balaban J connectivity index is 2.48. The predicted molar refractivity (Wildman–Crippen MR) is 61.2 cm³/mol. The molecule has 1 aromatic rings. The van der Waals surface area contributed by atoms with E-state index < -0.39 is 5.60 Å². The second-order valence-corrected chi connectivity index (χ2v) is 4.31. The number of ether oxygens (including phenoxy) is 1. The van der Waals surface area contributed by atoms with Crippen molar-refractivity contribution >= 4 is 5.82 Å². The van der Waals surface area contributed by atoms with E-state index in [-0.39, 0.29) is 5.56 Å². The number of nitrogens with two attached hydrogens (primary N) is 1. The molecule has 0 spiro atoms. The highest BCUT2D eigenvalue weighted by Gasteiger charge is 2.34. The van der Waals surface area contributed by atoms with Crippen molar-refractivity contribution in [2.75, 3.05) is 12.3 Å². The molecule has 0 radical (unpaired) electrons. The summed E-state index contributed by atoms with van der Waals surface area (Å²) in [6.45, 7) is 4.52. The van der Waals surface area contributed by atoms with Crippen molar-refractivity contribution in [3.63, 3.8) is 0 Å². The maximum atomic E-state index is 11.8. The van der Waals surface area contributed by atoms with Crippen LogP contribution >= 0.6 is 0 Å². The molecule has 5 heteroatoms. The summed E-state index contributed by atoms with van der Waals surface area (Å²) in [4.78, 5) is 18.8. The second kappa shape index (κ2) is 3.90. The summed E-state index contributed by atoms with van der Waals surface area (Å²) in [6.07, 6.45) is 2.43. The quantitative estimate of drug-likeness (QED) is 0.781. The normalized spacial score (nSPS) is 24.9. The number of nitrogens with one attached hydrogen (secondary N) is 1. The van der Waals surface area contributed by atoms with Crippen molar-refractivity contribution in [1.29, 1.82) is 0 Å². The van der Waals surface area contributed by atoms with Gasteiger partial charge in [0.05, 0.1) is 5.56 Å². The second-order valence-electron chi connectivity index (χ2n) is 4.31. The van der Waals surface area contributed by atoms with Crippen LogP contribution in [0.25, 0.3) is 0 Å².